The van der Waals surface area contributed by atoms with Gasteiger partial charge in [-0.25, -0.2) is 0 Å². The summed E-state index contributed by atoms with van der Waals surface area (Å²) in [4.78, 5) is 10.1. The van der Waals surface area contributed by atoms with Gasteiger partial charge in [-0.05, 0) is 31.0 Å². The van der Waals surface area contributed by atoms with E-state index in [4.69, 9.17) is 0 Å². The fourth-order valence-corrected chi connectivity index (χ4v) is 1.90. The van der Waals surface area contributed by atoms with Gasteiger partial charge in [-0.2, -0.15) is 4.39 Å². The minimum atomic E-state index is -0.748. The molecular formula is C10H11FN2O2. The van der Waals surface area contributed by atoms with Crippen LogP contribution in [0.25, 0.3) is 0 Å². The third-order valence-electron chi connectivity index (χ3n) is 2.61. The summed E-state index contributed by atoms with van der Waals surface area (Å²) in [6, 6.07) is 2.83. The number of nitrogens with zero attached hydrogens (tertiary/aromatic N) is 1. The van der Waals surface area contributed by atoms with Crippen molar-refractivity contribution < 1.29 is 9.31 Å². The Morgan fingerprint density at radius 3 is 3.00 bits per heavy atom. The van der Waals surface area contributed by atoms with Crippen LogP contribution in [-0.2, 0) is 13.0 Å². The molecule has 0 amide bonds. The molecule has 0 radical (unpaired) electrons. The Balaban J connectivity index is 2.56. The molecule has 1 aliphatic heterocycles. The van der Waals surface area contributed by atoms with Gasteiger partial charge in [-0.15, -0.1) is 0 Å². The van der Waals surface area contributed by atoms with Gasteiger partial charge in [0.15, 0.2) is 0 Å². The quantitative estimate of drug-likeness (QED) is 0.567. The van der Waals surface area contributed by atoms with E-state index in [2.05, 4.69) is 5.32 Å². The van der Waals surface area contributed by atoms with E-state index < -0.39 is 10.7 Å². The van der Waals surface area contributed by atoms with Crippen LogP contribution in [0.4, 0.5) is 10.1 Å². The summed E-state index contributed by atoms with van der Waals surface area (Å²) in [6.07, 6.45) is 1.69. The van der Waals surface area contributed by atoms with Crippen LogP contribution in [0.1, 0.15) is 17.5 Å². The number of nitrogens with one attached hydrogen (secondary N) is 1. The summed E-state index contributed by atoms with van der Waals surface area (Å²) in [5, 5.41) is 13.8. The summed E-state index contributed by atoms with van der Waals surface area (Å²) in [7, 11) is 0. The Morgan fingerprint density at radius 2 is 2.27 bits per heavy atom. The molecule has 5 heteroatoms. The molecule has 0 spiro atoms. The average Bonchev–Trinajstić information content (AvgIpc) is 2.41. The SMILES string of the molecule is O=[N+]([O-])c1c(F)ccc2c1CNCCC2. The molecule has 0 aromatic heterocycles. The first-order valence-electron chi connectivity index (χ1n) is 4.85. The molecule has 0 saturated heterocycles. The number of benzene rings is 1. The summed E-state index contributed by atoms with van der Waals surface area (Å²) in [5.41, 5.74) is 1.01. The van der Waals surface area contributed by atoms with Crippen molar-refractivity contribution in [3.05, 3.63) is 39.2 Å². The molecule has 2 rings (SSSR count). The minimum absolute atomic E-state index is 0.373. The zero-order chi connectivity index (χ0) is 10.8. The lowest BCUT2D eigenvalue weighted by Crippen LogP contribution is -2.13. The second-order valence-corrected chi connectivity index (χ2v) is 3.57. The fourth-order valence-electron chi connectivity index (χ4n) is 1.90. The van der Waals surface area contributed by atoms with Crippen molar-refractivity contribution in [2.75, 3.05) is 6.54 Å². The maximum Gasteiger partial charge on any atom is 0.309 e. The highest BCUT2D eigenvalue weighted by Gasteiger charge is 2.23. The Kier molecular flexibility index (Phi) is 2.64. The van der Waals surface area contributed by atoms with Crippen LogP contribution in [0.5, 0.6) is 0 Å². The molecule has 0 bridgehead atoms. The van der Waals surface area contributed by atoms with E-state index in [-0.39, 0.29) is 5.69 Å². The van der Waals surface area contributed by atoms with E-state index in [0.717, 1.165) is 24.9 Å². The molecule has 0 fully saturated rings. The summed E-state index contributed by atoms with van der Waals surface area (Å²) in [6.45, 7) is 1.19. The Morgan fingerprint density at radius 1 is 1.47 bits per heavy atom. The van der Waals surface area contributed by atoms with Crippen molar-refractivity contribution in [3.8, 4) is 0 Å². The number of nitro benzene ring substituents is 1. The highest BCUT2D eigenvalue weighted by atomic mass is 19.1. The van der Waals surface area contributed by atoms with Crippen LogP contribution >= 0.6 is 0 Å². The summed E-state index contributed by atoms with van der Waals surface area (Å²) in [5.74, 6) is -0.748. The molecule has 1 heterocycles. The van der Waals surface area contributed by atoms with Crippen LogP contribution < -0.4 is 5.32 Å². The van der Waals surface area contributed by atoms with Gasteiger partial charge in [0.2, 0.25) is 5.82 Å². The molecule has 4 nitrogen and oxygen atoms in total. The fraction of sp³-hybridized carbons (Fsp3) is 0.400. The Bertz CT molecular complexity index is 407. The first kappa shape index (κ1) is 10.0. The maximum absolute atomic E-state index is 13.3. The third kappa shape index (κ3) is 1.83. The Hall–Kier alpha value is -1.49. The van der Waals surface area contributed by atoms with E-state index in [1.54, 1.807) is 6.07 Å². The van der Waals surface area contributed by atoms with Gasteiger partial charge in [-0.3, -0.25) is 10.1 Å². The molecule has 1 N–H and O–H groups in total. The minimum Gasteiger partial charge on any atom is -0.312 e. The monoisotopic (exact) mass is 210 g/mol. The average molecular weight is 210 g/mol. The zero-order valence-electron chi connectivity index (χ0n) is 8.12. The van der Waals surface area contributed by atoms with Crippen molar-refractivity contribution in [1.82, 2.24) is 5.32 Å². The standard InChI is InChI=1S/C10H11FN2O2/c11-9-4-3-7-2-1-5-12-6-8(7)10(9)13(14)15/h3-4,12H,1-2,5-6H2. The molecular weight excluding hydrogens is 199 g/mol. The van der Waals surface area contributed by atoms with Gasteiger partial charge >= 0.3 is 5.69 Å². The molecule has 80 valence electrons. The number of rotatable bonds is 1. The van der Waals surface area contributed by atoms with Crippen LogP contribution in [0, 0.1) is 15.9 Å². The second-order valence-electron chi connectivity index (χ2n) is 3.57. The predicted molar refractivity (Wildman–Crippen MR) is 53.1 cm³/mol. The van der Waals surface area contributed by atoms with E-state index in [1.807, 2.05) is 0 Å². The molecule has 0 aliphatic carbocycles. The van der Waals surface area contributed by atoms with Crippen molar-refractivity contribution in [1.29, 1.82) is 0 Å². The number of fused-ring (bicyclic) bond motifs is 1. The summed E-state index contributed by atoms with van der Waals surface area (Å²) < 4.78 is 13.3. The predicted octanol–water partition coefficient (Wildman–Crippen LogP) is 1.77. The van der Waals surface area contributed by atoms with Crippen molar-refractivity contribution in [2.24, 2.45) is 0 Å². The van der Waals surface area contributed by atoms with Crippen molar-refractivity contribution in [2.45, 2.75) is 19.4 Å². The van der Waals surface area contributed by atoms with Crippen molar-refractivity contribution in [3.63, 3.8) is 0 Å². The van der Waals surface area contributed by atoms with E-state index in [0.29, 0.717) is 12.1 Å². The normalized spacial score (nSPS) is 15.5. The Labute approximate surface area is 86.3 Å². The third-order valence-corrected chi connectivity index (χ3v) is 2.61. The van der Waals surface area contributed by atoms with Gasteiger partial charge in [0, 0.05) is 12.1 Å². The number of aryl methyl sites for hydroxylation is 1. The van der Waals surface area contributed by atoms with Gasteiger partial charge in [0.25, 0.3) is 0 Å². The zero-order valence-corrected chi connectivity index (χ0v) is 8.12. The molecule has 1 aromatic rings. The van der Waals surface area contributed by atoms with Gasteiger partial charge in [-0.1, -0.05) is 6.07 Å². The first-order valence-corrected chi connectivity index (χ1v) is 4.85. The van der Waals surface area contributed by atoms with E-state index in [9.17, 15) is 14.5 Å². The molecule has 15 heavy (non-hydrogen) atoms. The summed E-state index contributed by atoms with van der Waals surface area (Å²) >= 11 is 0. The molecule has 1 aromatic carbocycles. The van der Waals surface area contributed by atoms with Crippen molar-refractivity contribution >= 4 is 5.69 Å². The number of hydrogen-bond acceptors (Lipinski definition) is 3. The van der Waals surface area contributed by atoms with Crippen LogP contribution in [0.15, 0.2) is 12.1 Å². The molecule has 0 saturated carbocycles. The lowest BCUT2D eigenvalue weighted by Gasteiger charge is -2.06. The van der Waals surface area contributed by atoms with Crippen LogP contribution in [0.2, 0.25) is 0 Å². The lowest BCUT2D eigenvalue weighted by atomic mass is 10.0. The van der Waals surface area contributed by atoms with E-state index >= 15 is 0 Å². The largest absolute Gasteiger partial charge is 0.312 e. The van der Waals surface area contributed by atoms with Gasteiger partial charge in [0.1, 0.15) is 0 Å². The van der Waals surface area contributed by atoms with Gasteiger partial charge in [0.05, 0.1) is 4.92 Å². The second kappa shape index (κ2) is 3.94. The smallest absolute Gasteiger partial charge is 0.309 e. The first-order chi connectivity index (χ1) is 7.20. The van der Waals surface area contributed by atoms with Crippen LogP contribution in [-0.4, -0.2) is 11.5 Å². The number of nitro groups is 1. The molecule has 0 atom stereocenters. The molecule has 1 aliphatic rings. The van der Waals surface area contributed by atoms with Gasteiger partial charge < -0.3 is 5.32 Å². The highest BCUT2D eigenvalue weighted by molar-refractivity contribution is 5.47. The number of halogens is 1. The lowest BCUT2D eigenvalue weighted by molar-refractivity contribution is -0.388. The topological polar surface area (TPSA) is 55.2 Å². The number of hydrogen-bond donors (Lipinski definition) is 1. The van der Waals surface area contributed by atoms with Crippen LogP contribution in [0.3, 0.4) is 0 Å². The highest BCUT2D eigenvalue weighted by Crippen LogP contribution is 2.27. The molecule has 0 unspecified atom stereocenters. The van der Waals surface area contributed by atoms with E-state index in [1.165, 1.54) is 6.07 Å². The maximum atomic E-state index is 13.3.